The van der Waals surface area contributed by atoms with Crippen LogP contribution in [-0.2, 0) is 16.1 Å². The predicted molar refractivity (Wildman–Crippen MR) is 124 cm³/mol. The summed E-state index contributed by atoms with van der Waals surface area (Å²) in [5.41, 5.74) is 6.25. The molecule has 1 aliphatic carbocycles. The molecule has 1 aliphatic rings. The molecule has 1 atom stereocenters. The molecular weight excluding hydrogens is 426 g/mol. The summed E-state index contributed by atoms with van der Waals surface area (Å²) in [6.07, 6.45) is 2.07. The number of benzene rings is 1. The zero-order valence-electron chi connectivity index (χ0n) is 18.6. The van der Waals surface area contributed by atoms with Gasteiger partial charge in [-0.15, -0.1) is 0 Å². The molecular formula is C23H31N5O5. The lowest BCUT2D eigenvalue weighted by atomic mass is 9.72. The molecule has 2 amide bonds. The van der Waals surface area contributed by atoms with Crippen LogP contribution >= 0.6 is 0 Å². The molecule has 0 bridgehead atoms. The largest absolute Gasteiger partial charge is 0.475 e. The molecule has 1 fully saturated rings. The van der Waals surface area contributed by atoms with E-state index >= 15 is 0 Å². The number of carbonyl (C=O) groups excluding carboxylic acids is 1. The third kappa shape index (κ3) is 5.98. The standard InChI is InChI=1S/C23H31N5O5/c1-2-32-11-12-33-21(25)19-16(24)13-18(26-17(19)14-29)27-22(30)28-20(23(31)9-6-10-23)15-7-4-3-5-8-15/h3-5,7-8,13,20,25,29,31H,2,6,9-12,14H2,1H3,(H4,24,26,27,28,30). The summed E-state index contributed by atoms with van der Waals surface area (Å²) >= 11 is 0. The smallest absolute Gasteiger partial charge is 0.320 e. The van der Waals surface area contributed by atoms with Crippen LogP contribution in [0, 0.1) is 5.41 Å². The van der Waals surface area contributed by atoms with Gasteiger partial charge >= 0.3 is 6.03 Å². The minimum atomic E-state index is -1.01. The Morgan fingerprint density at radius 2 is 2.03 bits per heavy atom. The Balaban J connectivity index is 1.72. The van der Waals surface area contributed by atoms with Crippen molar-refractivity contribution < 1.29 is 24.5 Å². The average molecular weight is 458 g/mol. The summed E-state index contributed by atoms with van der Waals surface area (Å²) in [6.45, 7) is 2.36. The van der Waals surface area contributed by atoms with Crippen molar-refractivity contribution in [1.82, 2.24) is 10.3 Å². The van der Waals surface area contributed by atoms with Gasteiger partial charge in [0.15, 0.2) is 0 Å². The number of amides is 2. The Morgan fingerprint density at radius 1 is 1.30 bits per heavy atom. The number of hydrogen-bond acceptors (Lipinski definition) is 8. The molecule has 2 aromatic rings. The van der Waals surface area contributed by atoms with Gasteiger partial charge in [-0.05, 0) is 31.7 Å². The SMILES string of the molecule is CCOCCOC(=N)c1c(N)cc(NC(=O)NC(c2ccccc2)C2(O)CCC2)nc1CO. The second kappa shape index (κ2) is 11.1. The van der Waals surface area contributed by atoms with Crippen LogP contribution in [0.5, 0.6) is 0 Å². The average Bonchev–Trinajstić information content (AvgIpc) is 2.78. The van der Waals surface area contributed by atoms with Gasteiger partial charge in [-0.1, -0.05) is 30.3 Å². The number of pyridine rings is 1. The number of aliphatic hydroxyl groups is 2. The summed E-state index contributed by atoms with van der Waals surface area (Å²) in [5.74, 6) is -0.136. The fraction of sp³-hybridized carbons (Fsp3) is 0.435. The van der Waals surface area contributed by atoms with Crippen molar-refractivity contribution >= 4 is 23.4 Å². The number of hydrogen-bond donors (Lipinski definition) is 6. The second-order valence-corrected chi connectivity index (χ2v) is 7.85. The highest BCUT2D eigenvalue weighted by Crippen LogP contribution is 2.42. The van der Waals surface area contributed by atoms with E-state index in [1.54, 1.807) is 0 Å². The van der Waals surface area contributed by atoms with Crippen LogP contribution < -0.4 is 16.4 Å². The van der Waals surface area contributed by atoms with Crippen molar-refractivity contribution in [2.45, 2.75) is 44.4 Å². The number of nitrogens with zero attached hydrogens (tertiary/aromatic N) is 1. The number of aliphatic hydroxyl groups excluding tert-OH is 1. The first kappa shape index (κ1) is 24.4. The van der Waals surface area contributed by atoms with Crippen LogP contribution in [0.2, 0.25) is 0 Å². The van der Waals surface area contributed by atoms with Crippen molar-refractivity contribution in [2.75, 3.05) is 30.9 Å². The van der Waals surface area contributed by atoms with Gasteiger partial charge in [0.2, 0.25) is 5.90 Å². The van der Waals surface area contributed by atoms with E-state index in [0.29, 0.717) is 26.1 Å². The van der Waals surface area contributed by atoms with Crippen LogP contribution in [0.3, 0.4) is 0 Å². The number of aromatic nitrogens is 1. The molecule has 178 valence electrons. The molecule has 7 N–H and O–H groups in total. The molecule has 1 aromatic heterocycles. The number of nitrogens with one attached hydrogen (secondary N) is 3. The first-order valence-corrected chi connectivity index (χ1v) is 10.9. The Labute approximate surface area is 192 Å². The molecule has 33 heavy (non-hydrogen) atoms. The van der Waals surface area contributed by atoms with Crippen LogP contribution in [-0.4, -0.2) is 52.5 Å². The number of urea groups is 1. The number of rotatable bonds is 10. The van der Waals surface area contributed by atoms with Crippen molar-refractivity contribution in [3.8, 4) is 0 Å². The highest BCUT2D eigenvalue weighted by molar-refractivity contribution is 5.99. The summed E-state index contributed by atoms with van der Waals surface area (Å²) < 4.78 is 10.5. The lowest BCUT2D eigenvalue weighted by molar-refractivity contribution is -0.0627. The van der Waals surface area contributed by atoms with E-state index in [1.807, 2.05) is 37.3 Å². The van der Waals surface area contributed by atoms with Crippen molar-refractivity contribution in [3.63, 3.8) is 0 Å². The highest BCUT2D eigenvalue weighted by Gasteiger charge is 2.43. The number of carbonyl (C=O) groups is 1. The Bertz CT molecular complexity index is 965. The quantitative estimate of drug-likeness (QED) is 0.181. The lowest BCUT2D eigenvalue weighted by Gasteiger charge is -2.43. The topological polar surface area (TPSA) is 163 Å². The minimum absolute atomic E-state index is 0.101. The molecule has 10 heteroatoms. The molecule has 0 aliphatic heterocycles. The zero-order chi connectivity index (χ0) is 23.8. The van der Waals surface area contributed by atoms with E-state index < -0.39 is 24.3 Å². The summed E-state index contributed by atoms with van der Waals surface area (Å²) in [4.78, 5) is 17.0. The van der Waals surface area contributed by atoms with Gasteiger partial charge in [-0.25, -0.2) is 9.78 Å². The van der Waals surface area contributed by atoms with Gasteiger partial charge in [-0.3, -0.25) is 10.7 Å². The monoisotopic (exact) mass is 457 g/mol. The maximum absolute atomic E-state index is 12.8. The predicted octanol–water partition coefficient (Wildman–Crippen LogP) is 2.31. The maximum Gasteiger partial charge on any atom is 0.320 e. The van der Waals surface area contributed by atoms with Gasteiger partial charge in [0.1, 0.15) is 12.4 Å². The second-order valence-electron chi connectivity index (χ2n) is 7.85. The van der Waals surface area contributed by atoms with Gasteiger partial charge in [0.05, 0.1) is 36.1 Å². The molecule has 0 radical (unpaired) electrons. The van der Waals surface area contributed by atoms with Crippen molar-refractivity contribution in [1.29, 1.82) is 5.41 Å². The first-order chi connectivity index (χ1) is 15.9. The molecule has 1 heterocycles. The van der Waals surface area contributed by atoms with E-state index in [1.165, 1.54) is 6.07 Å². The van der Waals surface area contributed by atoms with Gasteiger partial charge < -0.3 is 30.7 Å². The van der Waals surface area contributed by atoms with E-state index in [2.05, 4.69) is 15.6 Å². The van der Waals surface area contributed by atoms with Gasteiger partial charge in [0.25, 0.3) is 0 Å². The normalized spacial score (nSPS) is 15.2. The van der Waals surface area contributed by atoms with Crippen LogP contribution in [0.4, 0.5) is 16.3 Å². The van der Waals surface area contributed by atoms with Crippen LogP contribution in [0.1, 0.15) is 49.0 Å². The Kier molecular flexibility index (Phi) is 8.21. The molecule has 10 nitrogen and oxygen atoms in total. The van der Waals surface area contributed by atoms with Gasteiger partial charge in [0, 0.05) is 18.4 Å². The minimum Gasteiger partial charge on any atom is -0.475 e. The van der Waals surface area contributed by atoms with Crippen LogP contribution in [0.15, 0.2) is 36.4 Å². The molecule has 1 aromatic carbocycles. The van der Waals surface area contributed by atoms with Crippen molar-refractivity contribution in [3.05, 3.63) is 53.2 Å². The van der Waals surface area contributed by atoms with E-state index in [-0.39, 0.29) is 35.3 Å². The molecule has 0 saturated heterocycles. The summed E-state index contributed by atoms with van der Waals surface area (Å²) in [5, 5.41) is 34.2. The fourth-order valence-electron chi connectivity index (χ4n) is 3.76. The summed E-state index contributed by atoms with van der Waals surface area (Å²) in [6, 6.07) is 9.51. The maximum atomic E-state index is 12.8. The van der Waals surface area contributed by atoms with Crippen LogP contribution in [0.25, 0.3) is 0 Å². The molecule has 1 unspecified atom stereocenters. The number of ether oxygens (including phenoxy) is 2. The highest BCUT2D eigenvalue weighted by atomic mass is 16.5. The number of nitrogen functional groups attached to an aromatic ring is 1. The van der Waals surface area contributed by atoms with Crippen molar-refractivity contribution in [2.24, 2.45) is 0 Å². The van der Waals surface area contributed by atoms with E-state index in [4.69, 9.17) is 20.6 Å². The molecule has 0 spiro atoms. The number of anilines is 2. The number of nitrogens with two attached hydrogens (primary N) is 1. The molecule has 1 saturated carbocycles. The third-order valence-electron chi connectivity index (χ3n) is 5.59. The third-order valence-corrected chi connectivity index (χ3v) is 5.59. The summed E-state index contributed by atoms with van der Waals surface area (Å²) in [7, 11) is 0. The molecule has 3 rings (SSSR count). The zero-order valence-corrected chi connectivity index (χ0v) is 18.6. The Morgan fingerprint density at radius 3 is 2.64 bits per heavy atom. The lowest BCUT2D eigenvalue weighted by Crippen LogP contribution is -2.51. The Hall–Kier alpha value is -3.21. The first-order valence-electron chi connectivity index (χ1n) is 10.9. The fourth-order valence-corrected chi connectivity index (χ4v) is 3.76. The van der Waals surface area contributed by atoms with E-state index in [9.17, 15) is 15.0 Å². The van der Waals surface area contributed by atoms with Gasteiger partial charge in [-0.2, -0.15) is 0 Å². The van der Waals surface area contributed by atoms with E-state index in [0.717, 1.165) is 12.0 Å².